The van der Waals surface area contributed by atoms with Gasteiger partial charge in [0.05, 0.1) is 0 Å². The van der Waals surface area contributed by atoms with Crippen LogP contribution in [0.15, 0.2) is 36.4 Å². The standard InChI is InChI=1S/C15H12ClFN2OS/c1-8-2-3-9(6-12(8)16)15(20)19-10-4-5-13(17)11(7-10)14(18)21/h2-7H,1H3,(H2,18,21)(H,19,20). The molecule has 0 unspecified atom stereocenters. The molecule has 0 bridgehead atoms. The van der Waals surface area contributed by atoms with E-state index in [0.29, 0.717) is 16.3 Å². The largest absolute Gasteiger partial charge is 0.389 e. The lowest BCUT2D eigenvalue weighted by Crippen LogP contribution is -2.15. The molecule has 0 fully saturated rings. The fourth-order valence-electron chi connectivity index (χ4n) is 1.73. The molecule has 0 saturated carbocycles. The van der Waals surface area contributed by atoms with E-state index in [2.05, 4.69) is 5.32 Å². The summed E-state index contributed by atoms with van der Waals surface area (Å²) in [4.78, 5) is 12.0. The summed E-state index contributed by atoms with van der Waals surface area (Å²) in [5.41, 5.74) is 7.20. The highest BCUT2D eigenvalue weighted by Crippen LogP contribution is 2.19. The van der Waals surface area contributed by atoms with Crippen molar-refractivity contribution >= 4 is 40.4 Å². The van der Waals surface area contributed by atoms with Crippen molar-refractivity contribution in [3.63, 3.8) is 0 Å². The van der Waals surface area contributed by atoms with Gasteiger partial charge in [-0.3, -0.25) is 4.79 Å². The van der Waals surface area contributed by atoms with E-state index in [9.17, 15) is 9.18 Å². The number of nitrogens with two attached hydrogens (primary N) is 1. The molecule has 0 atom stereocenters. The van der Waals surface area contributed by atoms with Crippen LogP contribution in [-0.2, 0) is 0 Å². The highest BCUT2D eigenvalue weighted by Gasteiger charge is 2.11. The van der Waals surface area contributed by atoms with E-state index >= 15 is 0 Å². The summed E-state index contributed by atoms with van der Waals surface area (Å²) in [6.45, 7) is 1.85. The monoisotopic (exact) mass is 322 g/mol. The van der Waals surface area contributed by atoms with Gasteiger partial charge >= 0.3 is 0 Å². The molecule has 0 aliphatic rings. The van der Waals surface area contributed by atoms with E-state index in [1.807, 2.05) is 6.92 Å². The van der Waals surface area contributed by atoms with E-state index in [-0.39, 0.29) is 16.5 Å². The first-order valence-corrected chi connectivity index (χ1v) is 6.84. The Hall–Kier alpha value is -1.98. The van der Waals surface area contributed by atoms with Gasteiger partial charge in [0.25, 0.3) is 5.91 Å². The molecule has 0 aromatic heterocycles. The lowest BCUT2D eigenvalue weighted by molar-refractivity contribution is 0.102. The maximum absolute atomic E-state index is 13.5. The minimum atomic E-state index is -0.529. The molecule has 0 heterocycles. The van der Waals surface area contributed by atoms with Crippen LogP contribution in [0.1, 0.15) is 21.5 Å². The molecule has 0 radical (unpaired) electrons. The second-order valence-electron chi connectivity index (χ2n) is 4.48. The Morgan fingerprint density at radius 2 is 2.00 bits per heavy atom. The number of benzene rings is 2. The third-order valence-electron chi connectivity index (χ3n) is 2.92. The summed E-state index contributed by atoms with van der Waals surface area (Å²) < 4.78 is 13.5. The Kier molecular flexibility index (Phi) is 4.55. The molecule has 1 amide bonds. The van der Waals surface area contributed by atoms with Crippen molar-refractivity contribution in [2.75, 3.05) is 5.32 Å². The van der Waals surface area contributed by atoms with Crippen molar-refractivity contribution < 1.29 is 9.18 Å². The maximum Gasteiger partial charge on any atom is 0.255 e. The highest BCUT2D eigenvalue weighted by atomic mass is 35.5. The SMILES string of the molecule is Cc1ccc(C(=O)Nc2ccc(F)c(C(N)=S)c2)cc1Cl. The van der Waals surface area contributed by atoms with E-state index in [1.54, 1.807) is 18.2 Å². The number of hydrogen-bond acceptors (Lipinski definition) is 2. The van der Waals surface area contributed by atoms with Crippen molar-refractivity contribution in [3.8, 4) is 0 Å². The predicted octanol–water partition coefficient (Wildman–Crippen LogP) is 3.67. The van der Waals surface area contributed by atoms with Gasteiger partial charge in [0.15, 0.2) is 0 Å². The number of rotatable bonds is 3. The van der Waals surface area contributed by atoms with Crippen LogP contribution in [0.25, 0.3) is 0 Å². The summed E-state index contributed by atoms with van der Waals surface area (Å²) in [6.07, 6.45) is 0. The molecule has 21 heavy (non-hydrogen) atoms. The van der Waals surface area contributed by atoms with Crippen molar-refractivity contribution in [1.82, 2.24) is 0 Å². The Balaban J connectivity index is 2.25. The lowest BCUT2D eigenvalue weighted by Gasteiger charge is -2.08. The van der Waals surface area contributed by atoms with Gasteiger partial charge in [0, 0.05) is 21.8 Å². The fourth-order valence-corrected chi connectivity index (χ4v) is 2.07. The molecule has 0 spiro atoms. The van der Waals surface area contributed by atoms with Crippen LogP contribution >= 0.6 is 23.8 Å². The first kappa shape index (κ1) is 15.4. The number of nitrogens with one attached hydrogen (secondary N) is 1. The summed E-state index contributed by atoms with van der Waals surface area (Å²) in [7, 11) is 0. The minimum absolute atomic E-state index is 0.0676. The molecule has 0 saturated heterocycles. The number of halogens is 2. The molecule has 0 aliphatic carbocycles. The lowest BCUT2D eigenvalue weighted by atomic mass is 10.1. The van der Waals surface area contributed by atoms with E-state index in [4.69, 9.17) is 29.6 Å². The van der Waals surface area contributed by atoms with E-state index in [1.165, 1.54) is 18.2 Å². The van der Waals surface area contributed by atoms with Gasteiger partial charge < -0.3 is 11.1 Å². The molecular weight excluding hydrogens is 311 g/mol. The number of aryl methyl sites for hydroxylation is 1. The van der Waals surface area contributed by atoms with Gasteiger partial charge in [-0.25, -0.2) is 4.39 Å². The quantitative estimate of drug-likeness (QED) is 0.848. The number of hydrogen-bond donors (Lipinski definition) is 2. The number of carbonyl (C=O) groups is 1. The van der Waals surface area contributed by atoms with Gasteiger partial charge in [-0.05, 0) is 42.8 Å². The Morgan fingerprint density at radius 1 is 1.29 bits per heavy atom. The summed E-state index contributed by atoms with van der Waals surface area (Å²) in [5, 5.41) is 3.15. The fraction of sp³-hybridized carbons (Fsp3) is 0.0667. The zero-order chi connectivity index (χ0) is 15.6. The Morgan fingerprint density at radius 3 is 2.62 bits per heavy atom. The topological polar surface area (TPSA) is 55.1 Å². The summed E-state index contributed by atoms with van der Waals surface area (Å²) in [6, 6.07) is 9.02. The zero-order valence-electron chi connectivity index (χ0n) is 11.1. The van der Waals surface area contributed by atoms with Crippen LogP contribution < -0.4 is 11.1 Å². The van der Waals surface area contributed by atoms with Gasteiger partial charge in [-0.1, -0.05) is 29.9 Å². The Labute approximate surface area is 131 Å². The van der Waals surface area contributed by atoms with Gasteiger partial charge in [0.1, 0.15) is 10.8 Å². The molecule has 3 nitrogen and oxygen atoms in total. The Bertz CT molecular complexity index is 734. The third kappa shape index (κ3) is 3.56. The average Bonchev–Trinajstić information content (AvgIpc) is 2.43. The van der Waals surface area contributed by atoms with Gasteiger partial charge in [0.2, 0.25) is 0 Å². The zero-order valence-corrected chi connectivity index (χ0v) is 12.7. The smallest absolute Gasteiger partial charge is 0.255 e. The highest BCUT2D eigenvalue weighted by molar-refractivity contribution is 7.80. The summed E-state index contributed by atoms with van der Waals surface area (Å²) in [5.74, 6) is -0.878. The van der Waals surface area contributed by atoms with Crippen LogP contribution in [-0.4, -0.2) is 10.9 Å². The molecule has 2 aromatic carbocycles. The maximum atomic E-state index is 13.5. The molecule has 2 rings (SSSR count). The molecule has 6 heteroatoms. The average molecular weight is 323 g/mol. The number of thiocarbonyl (C=S) groups is 1. The molecular formula is C15H12ClFN2OS. The van der Waals surface area contributed by atoms with Crippen molar-refractivity contribution in [2.24, 2.45) is 5.73 Å². The number of anilines is 1. The first-order chi connectivity index (χ1) is 9.88. The van der Waals surface area contributed by atoms with Crippen molar-refractivity contribution in [2.45, 2.75) is 6.92 Å². The normalized spacial score (nSPS) is 10.2. The van der Waals surface area contributed by atoms with Crippen LogP contribution in [0.4, 0.5) is 10.1 Å². The van der Waals surface area contributed by atoms with Crippen molar-refractivity contribution in [1.29, 1.82) is 0 Å². The van der Waals surface area contributed by atoms with Crippen LogP contribution in [0.5, 0.6) is 0 Å². The number of amides is 1. The van der Waals surface area contributed by atoms with Gasteiger partial charge in [-0.2, -0.15) is 0 Å². The second kappa shape index (κ2) is 6.20. The molecule has 0 aliphatic heterocycles. The molecule has 108 valence electrons. The van der Waals surface area contributed by atoms with Crippen molar-refractivity contribution in [3.05, 3.63) is 63.9 Å². The third-order valence-corrected chi connectivity index (χ3v) is 3.55. The van der Waals surface area contributed by atoms with Crippen LogP contribution in [0, 0.1) is 12.7 Å². The van der Waals surface area contributed by atoms with Gasteiger partial charge in [-0.15, -0.1) is 0 Å². The molecule has 2 aromatic rings. The predicted molar refractivity (Wildman–Crippen MR) is 86.4 cm³/mol. The summed E-state index contributed by atoms with van der Waals surface area (Å²) >= 11 is 10.7. The molecule has 3 N–H and O–H groups in total. The number of carbonyl (C=O) groups excluding carboxylic acids is 1. The van der Waals surface area contributed by atoms with Crippen LogP contribution in [0.3, 0.4) is 0 Å². The minimum Gasteiger partial charge on any atom is -0.389 e. The first-order valence-electron chi connectivity index (χ1n) is 6.05. The van der Waals surface area contributed by atoms with E-state index in [0.717, 1.165) is 5.56 Å². The van der Waals surface area contributed by atoms with Crippen LogP contribution in [0.2, 0.25) is 5.02 Å². The second-order valence-corrected chi connectivity index (χ2v) is 5.32. The van der Waals surface area contributed by atoms with E-state index < -0.39 is 5.82 Å².